The van der Waals surface area contributed by atoms with Crippen LogP contribution >= 0.6 is 39.1 Å². The lowest BCUT2D eigenvalue weighted by Crippen LogP contribution is -2.15. The van der Waals surface area contributed by atoms with E-state index < -0.39 is 0 Å². The Balaban J connectivity index is 1.79. The molecule has 0 fully saturated rings. The first-order valence-electron chi connectivity index (χ1n) is 6.44. The molecule has 0 atom stereocenters. The van der Waals surface area contributed by atoms with E-state index in [0.717, 1.165) is 34.8 Å². The molecule has 3 rings (SSSR count). The van der Waals surface area contributed by atoms with Crippen LogP contribution in [-0.2, 0) is 19.5 Å². The van der Waals surface area contributed by atoms with E-state index >= 15 is 0 Å². The van der Waals surface area contributed by atoms with Gasteiger partial charge in [-0.3, -0.25) is 0 Å². The molecule has 20 heavy (non-hydrogen) atoms. The monoisotopic (exact) mass is 374 g/mol. The van der Waals surface area contributed by atoms with Crippen LogP contribution in [-0.4, -0.2) is 14.8 Å². The van der Waals surface area contributed by atoms with Crippen LogP contribution in [0.25, 0.3) is 0 Å². The zero-order chi connectivity index (χ0) is 14.1. The molecule has 0 spiro atoms. The van der Waals surface area contributed by atoms with Crippen molar-refractivity contribution in [2.75, 3.05) is 5.32 Å². The van der Waals surface area contributed by atoms with Gasteiger partial charge in [-0.05, 0) is 25.0 Å². The number of rotatable bonds is 3. The van der Waals surface area contributed by atoms with Crippen LogP contribution in [0.4, 0.5) is 5.69 Å². The van der Waals surface area contributed by atoms with Crippen LogP contribution in [0.1, 0.15) is 24.5 Å². The number of halogens is 3. The molecule has 0 bridgehead atoms. The van der Waals surface area contributed by atoms with Crippen molar-refractivity contribution in [3.05, 3.63) is 38.3 Å². The second kappa shape index (κ2) is 5.92. The number of fused-ring (bicyclic) bond motifs is 1. The summed E-state index contributed by atoms with van der Waals surface area (Å²) in [5.41, 5.74) is 0.727. The lowest BCUT2D eigenvalue weighted by atomic mass is 10.2. The number of benzene rings is 1. The molecular formula is C13H13BrCl2N4. The summed E-state index contributed by atoms with van der Waals surface area (Å²) in [6, 6.07) is 3.63. The van der Waals surface area contributed by atoms with Gasteiger partial charge in [0.25, 0.3) is 0 Å². The Bertz CT molecular complexity index is 618. The highest BCUT2D eigenvalue weighted by Crippen LogP contribution is 2.34. The van der Waals surface area contributed by atoms with Gasteiger partial charge < -0.3 is 9.88 Å². The van der Waals surface area contributed by atoms with Gasteiger partial charge in [-0.1, -0.05) is 39.1 Å². The van der Waals surface area contributed by atoms with Gasteiger partial charge in [0, 0.05) is 17.4 Å². The zero-order valence-electron chi connectivity index (χ0n) is 10.7. The largest absolute Gasteiger partial charge is 0.375 e. The van der Waals surface area contributed by atoms with Crippen molar-refractivity contribution in [2.45, 2.75) is 32.4 Å². The van der Waals surface area contributed by atoms with E-state index in [1.165, 1.54) is 12.8 Å². The highest BCUT2D eigenvalue weighted by Gasteiger charge is 2.16. The van der Waals surface area contributed by atoms with E-state index in [-0.39, 0.29) is 0 Å². The zero-order valence-corrected chi connectivity index (χ0v) is 13.8. The summed E-state index contributed by atoms with van der Waals surface area (Å²) in [7, 11) is 0. The average Bonchev–Trinajstić information content (AvgIpc) is 2.81. The van der Waals surface area contributed by atoms with E-state index in [1.807, 2.05) is 12.1 Å². The molecule has 0 unspecified atom stereocenters. The third kappa shape index (κ3) is 2.80. The van der Waals surface area contributed by atoms with Gasteiger partial charge in [-0.15, -0.1) is 10.2 Å². The molecule has 1 aliphatic heterocycles. The number of aromatic nitrogens is 3. The standard InChI is InChI=1S/C13H13BrCl2N4/c14-8-5-9(15)13(10(16)6-8)17-7-12-19-18-11-3-1-2-4-20(11)12/h5-6,17H,1-4,7H2. The minimum Gasteiger partial charge on any atom is -0.375 e. The highest BCUT2D eigenvalue weighted by molar-refractivity contribution is 9.10. The van der Waals surface area contributed by atoms with Crippen LogP contribution in [0.2, 0.25) is 10.0 Å². The van der Waals surface area contributed by atoms with Gasteiger partial charge in [-0.2, -0.15) is 0 Å². The molecular weight excluding hydrogens is 363 g/mol. The molecule has 0 radical (unpaired) electrons. The maximum absolute atomic E-state index is 6.20. The summed E-state index contributed by atoms with van der Waals surface area (Å²) in [4.78, 5) is 0. The Labute approximate surface area is 135 Å². The molecule has 7 heteroatoms. The molecule has 106 valence electrons. The van der Waals surface area contributed by atoms with Crippen LogP contribution in [0.3, 0.4) is 0 Å². The molecule has 2 heterocycles. The fourth-order valence-corrected chi connectivity index (χ4v) is 3.72. The van der Waals surface area contributed by atoms with Gasteiger partial charge in [0.15, 0.2) is 5.82 Å². The Kier molecular flexibility index (Phi) is 4.19. The second-order valence-corrected chi connectivity index (χ2v) is 6.47. The maximum Gasteiger partial charge on any atom is 0.152 e. The van der Waals surface area contributed by atoms with Crippen molar-refractivity contribution < 1.29 is 0 Å². The van der Waals surface area contributed by atoms with Crippen molar-refractivity contribution in [1.29, 1.82) is 0 Å². The Morgan fingerprint density at radius 1 is 1.20 bits per heavy atom. The predicted octanol–water partition coefficient (Wildman–Crippen LogP) is 4.30. The van der Waals surface area contributed by atoms with E-state index in [4.69, 9.17) is 23.2 Å². The minimum absolute atomic E-state index is 0.564. The number of anilines is 1. The molecule has 1 N–H and O–H groups in total. The highest BCUT2D eigenvalue weighted by atomic mass is 79.9. The Hall–Kier alpha value is -0.780. The van der Waals surface area contributed by atoms with Crippen molar-refractivity contribution in [3.63, 3.8) is 0 Å². The fraction of sp³-hybridized carbons (Fsp3) is 0.385. The van der Waals surface area contributed by atoms with Gasteiger partial charge in [-0.25, -0.2) is 0 Å². The van der Waals surface area contributed by atoms with Gasteiger partial charge in [0.1, 0.15) is 5.82 Å². The predicted molar refractivity (Wildman–Crippen MR) is 84.4 cm³/mol. The van der Waals surface area contributed by atoms with Gasteiger partial charge in [0.05, 0.1) is 22.3 Å². The fourth-order valence-electron chi connectivity index (χ4n) is 2.38. The topological polar surface area (TPSA) is 42.7 Å². The first kappa shape index (κ1) is 14.2. The van der Waals surface area contributed by atoms with E-state index in [1.54, 1.807) is 0 Å². The third-order valence-electron chi connectivity index (χ3n) is 3.37. The van der Waals surface area contributed by atoms with E-state index in [9.17, 15) is 0 Å². The summed E-state index contributed by atoms with van der Waals surface area (Å²) < 4.78 is 3.04. The maximum atomic E-state index is 6.20. The van der Waals surface area contributed by atoms with Gasteiger partial charge >= 0.3 is 0 Å². The molecule has 2 aromatic rings. The molecule has 0 saturated carbocycles. The first-order valence-corrected chi connectivity index (χ1v) is 7.99. The molecule has 4 nitrogen and oxygen atoms in total. The summed E-state index contributed by atoms with van der Waals surface area (Å²) in [5.74, 6) is 2.00. The smallest absolute Gasteiger partial charge is 0.152 e. The summed E-state index contributed by atoms with van der Waals surface area (Å²) >= 11 is 15.8. The quantitative estimate of drug-likeness (QED) is 0.869. The molecule has 1 aliphatic rings. The molecule has 0 saturated heterocycles. The molecule has 1 aromatic carbocycles. The van der Waals surface area contributed by atoms with E-state index in [2.05, 4.69) is 36.0 Å². The normalized spacial score (nSPS) is 14.2. The average molecular weight is 376 g/mol. The number of nitrogens with zero attached hydrogens (tertiary/aromatic N) is 3. The SMILES string of the molecule is Clc1cc(Br)cc(Cl)c1NCc1nnc2n1CCCC2. The lowest BCUT2D eigenvalue weighted by molar-refractivity contribution is 0.510. The minimum atomic E-state index is 0.564. The van der Waals surface area contributed by atoms with Crippen LogP contribution in [0.15, 0.2) is 16.6 Å². The van der Waals surface area contributed by atoms with Crippen molar-refractivity contribution in [3.8, 4) is 0 Å². The van der Waals surface area contributed by atoms with E-state index in [0.29, 0.717) is 16.6 Å². The summed E-state index contributed by atoms with van der Waals surface area (Å²) in [6.45, 7) is 1.55. The lowest BCUT2D eigenvalue weighted by Gasteiger charge is -2.16. The third-order valence-corrected chi connectivity index (χ3v) is 4.42. The van der Waals surface area contributed by atoms with Crippen molar-refractivity contribution in [1.82, 2.24) is 14.8 Å². The molecule has 1 aromatic heterocycles. The van der Waals surface area contributed by atoms with Crippen molar-refractivity contribution >= 4 is 44.8 Å². The Morgan fingerprint density at radius 3 is 2.70 bits per heavy atom. The van der Waals surface area contributed by atoms with Crippen LogP contribution in [0.5, 0.6) is 0 Å². The number of hydrogen-bond acceptors (Lipinski definition) is 3. The summed E-state index contributed by atoms with van der Waals surface area (Å²) in [5, 5.41) is 12.9. The first-order chi connectivity index (χ1) is 9.65. The number of hydrogen-bond donors (Lipinski definition) is 1. The number of aryl methyl sites for hydroxylation is 1. The van der Waals surface area contributed by atoms with Crippen molar-refractivity contribution in [2.24, 2.45) is 0 Å². The Morgan fingerprint density at radius 2 is 1.95 bits per heavy atom. The van der Waals surface area contributed by atoms with Crippen LogP contribution in [0, 0.1) is 0 Å². The second-order valence-electron chi connectivity index (χ2n) is 4.74. The van der Waals surface area contributed by atoms with Crippen LogP contribution < -0.4 is 5.32 Å². The number of nitrogens with one attached hydrogen (secondary N) is 1. The summed E-state index contributed by atoms with van der Waals surface area (Å²) in [6.07, 6.45) is 3.38. The molecule has 0 aliphatic carbocycles. The van der Waals surface area contributed by atoms with Gasteiger partial charge in [0.2, 0.25) is 0 Å². The molecule has 0 amide bonds.